The number of rotatable bonds is 6. The van der Waals surface area contributed by atoms with Gasteiger partial charge in [-0.2, -0.15) is 0 Å². The molecule has 2 N–H and O–H groups in total. The SMILES string of the molecule is C1=CC(c2ccccc2C2=CC(c3cc(-n4c5c(c6ccccc64)CCC=C5)cc(-n4c5c(c6ccccc64)C=CCC5)c3)NC(c3ccccc3)N2)CCC1. The van der Waals surface area contributed by atoms with Gasteiger partial charge in [0.25, 0.3) is 0 Å². The number of benzene rings is 5. The molecule has 0 saturated heterocycles. The van der Waals surface area contributed by atoms with Crippen LogP contribution in [0.4, 0.5) is 0 Å². The highest BCUT2D eigenvalue weighted by Crippen LogP contribution is 2.41. The zero-order valence-electron chi connectivity index (χ0n) is 31.7. The van der Waals surface area contributed by atoms with Crippen molar-refractivity contribution in [2.24, 2.45) is 0 Å². The standard InChI is InChI=1S/C52H46N4/c1-3-17-35(18-4-1)40-21-7-8-22-41(40)47-34-46(53-52(54-47)36-19-5-2-6-20-36)37-31-38(55-48-27-13-9-23-42(48)43-24-10-14-28-49(43)55)33-39(32-37)56-50-29-15-11-25-44(50)45-26-12-16-30-51(45)56/h2-3,5-11,13,15-17,19-25,27,29-35,46,52-54H,1,4,12,14,18,26,28H2. The molecule has 0 spiro atoms. The van der Waals surface area contributed by atoms with Crippen LogP contribution in [0, 0.1) is 0 Å². The first-order chi connectivity index (χ1) is 27.8. The summed E-state index contributed by atoms with van der Waals surface area (Å²) in [6.45, 7) is 0. The molecule has 274 valence electrons. The van der Waals surface area contributed by atoms with Crippen LogP contribution in [-0.4, -0.2) is 9.13 Å². The molecule has 0 radical (unpaired) electrons. The number of para-hydroxylation sites is 2. The Bertz CT molecular complexity index is 2750. The second-order valence-electron chi connectivity index (χ2n) is 15.9. The summed E-state index contributed by atoms with van der Waals surface area (Å²) in [7, 11) is 0. The Morgan fingerprint density at radius 2 is 1.34 bits per heavy atom. The number of fused-ring (bicyclic) bond motifs is 6. The summed E-state index contributed by atoms with van der Waals surface area (Å²) in [6, 6.07) is 45.2. The Labute approximate surface area is 329 Å². The highest BCUT2D eigenvalue weighted by molar-refractivity contribution is 5.94. The van der Waals surface area contributed by atoms with Gasteiger partial charge in [0.05, 0.1) is 17.1 Å². The van der Waals surface area contributed by atoms with Gasteiger partial charge in [-0.3, -0.25) is 5.32 Å². The van der Waals surface area contributed by atoms with Crippen molar-refractivity contribution in [1.29, 1.82) is 0 Å². The van der Waals surface area contributed by atoms with E-state index in [0.717, 1.165) is 25.7 Å². The molecular formula is C52H46N4. The van der Waals surface area contributed by atoms with E-state index >= 15 is 0 Å². The van der Waals surface area contributed by atoms with Crippen LogP contribution in [-0.2, 0) is 12.8 Å². The van der Waals surface area contributed by atoms with Crippen LogP contribution in [0.1, 0.15) is 95.0 Å². The van der Waals surface area contributed by atoms with Crippen LogP contribution < -0.4 is 10.6 Å². The minimum absolute atomic E-state index is 0.0594. The molecule has 4 nitrogen and oxygen atoms in total. The van der Waals surface area contributed by atoms with Crippen molar-refractivity contribution < 1.29 is 0 Å². The third-order valence-corrected chi connectivity index (χ3v) is 12.5. The van der Waals surface area contributed by atoms with Crippen LogP contribution in [0.15, 0.2) is 152 Å². The van der Waals surface area contributed by atoms with Gasteiger partial charge in [-0.15, -0.1) is 0 Å². The zero-order valence-corrected chi connectivity index (χ0v) is 31.7. The number of nitrogens with zero attached hydrogens (tertiary/aromatic N) is 2. The molecule has 4 aliphatic rings. The number of aromatic nitrogens is 2. The molecular weight excluding hydrogens is 681 g/mol. The van der Waals surface area contributed by atoms with Gasteiger partial charge in [-0.1, -0.05) is 121 Å². The molecule has 3 atom stereocenters. The summed E-state index contributed by atoms with van der Waals surface area (Å²) in [6.07, 6.45) is 24.3. The Hall–Kier alpha value is -6.10. The molecule has 0 fully saturated rings. The van der Waals surface area contributed by atoms with Crippen LogP contribution in [0.2, 0.25) is 0 Å². The Balaban J connectivity index is 1.16. The van der Waals surface area contributed by atoms with E-state index in [2.05, 4.69) is 184 Å². The first-order valence-electron chi connectivity index (χ1n) is 20.6. The summed E-state index contributed by atoms with van der Waals surface area (Å²) < 4.78 is 5.08. The summed E-state index contributed by atoms with van der Waals surface area (Å²) in [4.78, 5) is 0. The molecule has 2 aromatic heterocycles. The lowest BCUT2D eigenvalue weighted by molar-refractivity contribution is 0.442. The van der Waals surface area contributed by atoms with Gasteiger partial charge in [0.2, 0.25) is 0 Å². The van der Waals surface area contributed by atoms with Crippen LogP contribution in [0.25, 0.3) is 51.0 Å². The molecule has 0 bridgehead atoms. The molecule has 7 aromatic rings. The maximum atomic E-state index is 4.08. The second-order valence-corrected chi connectivity index (χ2v) is 15.9. The first-order valence-corrected chi connectivity index (χ1v) is 20.6. The highest BCUT2D eigenvalue weighted by Gasteiger charge is 2.29. The number of aryl methyl sites for hydroxylation is 1. The number of hydrogen-bond acceptors (Lipinski definition) is 2. The van der Waals surface area contributed by atoms with Crippen molar-refractivity contribution in [2.45, 2.75) is 63.1 Å². The van der Waals surface area contributed by atoms with E-state index < -0.39 is 0 Å². The van der Waals surface area contributed by atoms with Gasteiger partial charge < -0.3 is 14.5 Å². The molecule has 4 heteroatoms. The summed E-state index contributed by atoms with van der Waals surface area (Å²) in [5, 5.41) is 10.7. The van der Waals surface area contributed by atoms with E-state index in [1.807, 2.05) is 0 Å². The van der Waals surface area contributed by atoms with E-state index in [1.165, 1.54) is 103 Å². The fraction of sp³-hybridized carbons (Fsp3) is 0.192. The van der Waals surface area contributed by atoms with Crippen LogP contribution >= 0.6 is 0 Å². The van der Waals surface area contributed by atoms with E-state index in [9.17, 15) is 0 Å². The Kier molecular flexibility index (Phi) is 8.24. The molecule has 1 aliphatic heterocycles. The van der Waals surface area contributed by atoms with E-state index in [4.69, 9.17) is 0 Å². The second kappa shape index (κ2) is 13.9. The lowest BCUT2D eigenvalue weighted by Gasteiger charge is -2.34. The maximum absolute atomic E-state index is 4.08. The minimum atomic E-state index is -0.0725. The number of hydrogen-bond donors (Lipinski definition) is 2. The lowest BCUT2D eigenvalue weighted by Crippen LogP contribution is -2.39. The number of nitrogens with one attached hydrogen (secondary N) is 2. The largest absolute Gasteiger partial charge is 0.366 e. The van der Waals surface area contributed by atoms with Gasteiger partial charge in [-0.25, -0.2) is 0 Å². The third-order valence-electron chi connectivity index (χ3n) is 12.5. The monoisotopic (exact) mass is 726 g/mol. The molecule has 56 heavy (non-hydrogen) atoms. The summed E-state index contributed by atoms with van der Waals surface area (Å²) in [5.41, 5.74) is 16.8. The average Bonchev–Trinajstić information content (AvgIpc) is 3.80. The van der Waals surface area contributed by atoms with Gasteiger partial charge >= 0.3 is 0 Å². The topological polar surface area (TPSA) is 33.9 Å². The van der Waals surface area contributed by atoms with Crippen LogP contribution in [0.5, 0.6) is 0 Å². The molecule has 0 amide bonds. The van der Waals surface area contributed by atoms with E-state index in [0.29, 0.717) is 5.92 Å². The first kappa shape index (κ1) is 33.3. The van der Waals surface area contributed by atoms with Gasteiger partial charge in [0, 0.05) is 56.3 Å². The van der Waals surface area contributed by atoms with E-state index in [1.54, 1.807) is 0 Å². The van der Waals surface area contributed by atoms with E-state index in [-0.39, 0.29) is 12.2 Å². The van der Waals surface area contributed by atoms with Gasteiger partial charge in [0.1, 0.15) is 6.17 Å². The number of allylic oxidation sites excluding steroid dienone is 4. The van der Waals surface area contributed by atoms with Crippen molar-refractivity contribution in [3.05, 3.63) is 196 Å². The van der Waals surface area contributed by atoms with Crippen LogP contribution in [0.3, 0.4) is 0 Å². The minimum Gasteiger partial charge on any atom is -0.366 e. The van der Waals surface area contributed by atoms with Gasteiger partial charge in [0.15, 0.2) is 0 Å². The highest BCUT2D eigenvalue weighted by atomic mass is 15.2. The molecule has 3 heterocycles. The molecule has 3 aliphatic carbocycles. The molecule has 0 saturated carbocycles. The molecule has 11 rings (SSSR count). The van der Waals surface area contributed by atoms with Crippen molar-refractivity contribution in [3.8, 4) is 11.4 Å². The maximum Gasteiger partial charge on any atom is 0.104 e. The smallest absolute Gasteiger partial charge is 0.104 e. The Morgan fingerprint density at radius 1 is 0.607 bits per heavy atom. The Morgan fingerprint density at radius 3 is 2.20 bits per heavy atom. The lowest BCUT2D eigenvalue weighted by atomic mass is 9.85. The predicted molar refractivity (Wildman–Crippen MR) is 233 cm³/mol. The third kappa shape index (κ3) is 5.62. The molecule has 5 aromatic carbocycles. The zero-order chi connectivity index (χ0) is 37.0. The van der Waals surface area contributed by atoms with Crippen molar-refractivity contribution in [2.75, 3.05) is 0 Å². The van der Waals surface area contributed by atoms with Gasteiger partial charge in [-0.05, 0) is 110 Å². The van der Waals surface area contributed by atoms with Crippen molar-refractivity contribution >= 4 is 39.7 Å². The molecule has 3 unspecified atom stereocenters. The fourth-order valence-electron chi connectivity index (χ4n) is 9.95. The average molecular weight is 727 g/mol. The summed E-state index contributed by atoms with van der Waals surface area (Å²) in [5.74, 6) is 0.421. The van der Waals surface area contributed by atoms with Crippen molar-refractivity contribution in [1.82, 2.24) is 19.8 Å². The predicted octanol–water partition coefficient (Wildman–Crippen LogP) is 12.3. The van der Waals surface area contributed by atoms with Crippen molar-refractivity contribution in [3.63, 3.8) is 0 Å². The quantitative estimate of drug-likeness (QED) is 0.167. The summed E-state index contributed by atoms with van der Waals surface area (Å²) >= 11 is 0. The fourth-order valence-corrected chi connectivity index (χ4v) is 9.95. The normalized spacial score (nSPS) is 20.1.